The number of carbonyl (C=O) groups is 1. The van der Waals surface area contributed by atoms with Gasteiger partial charge >= 0.3 is 0 Å². The van der Waals surface area contributed by atoms with Crippen LogP contribution in [0.5, 0.6) is 0 Å². The fourth-order valence-corrected chi connectivity index (χ4v) is 3.88. The second-order valence-electron chi connectivity index (χ2n) is 7.64. The van der Waals surface area contributed by atoms with E-state index in [1.807, 2.05) is 17.2 Å². The first-order valence-electron chi connectivity index (χ1n) is 9.96. The highest BCUT2D eigenvalue weighted by Crippen LogP contribution is 2.28. The van der Waals surface area contributed by atoms with E-state index in [4.69, 9.17) is 14.7 Å². The first-order valence-corrected chi connectivity index (χ1v) is 9.96. The van der Waals surface area contributed by atoms with Crippen molar-refractivity contribution in [3.8, 4) is 0 Å². The van der Waals surface area contributed by atoms with Gasteiger partial charge in [-0.05, 0) is 37.1 Å². The van der Waals surface area contributed by atoms with Crippen LogP contribution in [-0.4, -0.2) is 65.2 Å². The Kier molecular flexibility index (Phi) is 5.52. The van der Waals surface area contributed by atoms with Crippen molar-refractivity contribution in [2.75, 3.05) is 44.3 Å². The summed E-state index contributed by atoms with van der Waals surface area (Å²) >= 11 is 0. The number of ether oxygens (including phenoxy) is 1. The molecule has 1 amide bonds. The van der Waals surface area contributed by atoms with Gasteiger partial charge in [-0.3, -0.25) is 9.78 Å². The second kappa shape index (κ2) is 8.22. The Hall–Kier alpha value is -2.54. The summed E-state index contributed by atoms with van der Waals surface area (Å²) in [7, 11) is 0. The summed E-state index contributed by atoms with van der Waals surface area (Å²) in [5.74, 6) is 1.16. The highest BCUT2D eigenvalue weighted by molar-refractivity contribution is 5.73. The normalized spacial score (nSPS) is 19.9. The van der Waals surface area contributed by atoms with Crippen LogP contribution in [0.25, 0.3) is 0 Å². The molecule has 28 heavy (non-hydrogen) atoms. The van der Waals surface area contributed by atoms with Crippen molar-refractivity contribution in [2.45, 2.75) is 32.6 Å². The lowest BCUT2D eigenvalue weighted by molar-refractivity contribution is -0.127. The van der Waals surface area contributed by atoms with Crippen LogP contribution in [0.3, 0.4) is 0 Å². The smallest absolute Gasteiger partial charge is 0.225 e. The Balaban J connectivity index is 1.63. The molecule has 1 atom stereocenters. The summed E-state index contributed by atoms with van der Waals surface area (Å²) < 4.78 is 5.48. The Bertz CT molecular complexity index is 850. The number of aryl methyl sites for hydroxylation is 1. The number of hydrogen-bond acceptors (Lipinski definition) is 6. The maximum absolute atomic E-state index is 11.7. The number of morpholine rings is 1. The van der Waals surface area contributed by atoms with E-state index >= 15 is 0 Å². The summed E-state index contributed by atoms with van der Waals surface area (Å²) in [6, 6.07) is 6.20. The molecule has 0 saturated carbocycles. The average molecular weight is 381 g/mol. The van der Waals surface area contributed by atoms with Crippen molar-refractivity contribution < 1.29 is 9.53 Å². The highest BCUT2D eigenvalue weighted by Gasteiger charge is 2.28. The van der Waals surface area contributed by atoms with Gasteiger partial charge in [-0.15, -0.1) is 0 Å². The van der Waals surface area contributed by atoms with Crippen LogP contribution in [0, 0.1) is 6.92 Å². The van der Waals surface area contributed by atoms with E-state index in [0.29, 0.717) is 19.6 Å². The number of hydrogen-bond donors (Lipinski definition) is 0. The standard InChI is InChI=1S/C21H27N5O2/c1-15-3-5-22-18(11-15)12-19-13-20(17-4-6-26(14-17)16(2)27)24-21(23-19)25-7-9-28-10-8-25/h3,5,11,13,17H,4,6-10,12,14H2,1-2H3. The Morgan fingerprint density at radius 2 is 2.00 bits per heavy atom. The van der Waals surface area contributed by atoms with Gasteiger partial charge in [0.05, 0.1) is 24.6 Å². The summed E-state index contributed by atoms with van der Waals surface area (Å²) in [5.41, 5.74) is 4.21. The van der Waals surface area contributed by atoms with Crippen molar-refractivity contribution in [3.63, 3.8) is 0 Å². The summed E-state index contributed by atoms with van der Waals surface area (Å²) in [6.07, 6.45) is 3.47. The minimum Gasteiger partial charge on any atom is -0.378 e. The SMILES string of the molecule is CC(=O)N1CCC(c2cc(Cc3cc(C)ccn3)nc(N3CCOCC3)n2)C1. The van der Waals surface area contributed by atoms with Crippen molar-refractivity contribution in [1.29, 1.82) is 0 Å². The van der Waals surface area contributed by atoms with Crippen LogP contribution < -0.4 is 4.90 Å². The number of amides is 1. The number of anilines is 1. The van der Waals surface area contributed by atoms with Crippen molar-refractivity contribution in [1.82, 2.24) is 19.9 Å². The van der Waals surface area contributed by atoms with Crippen LogP contribution in [0.4, 0.5) is 5.95 Å². The van der Waals surface area contributed by atoms with Gasteiger partial charge in [0.1, 0.15) is 0 Å². The first kappa shape index (κ1) is 18.8. The highest BCUT2D eigenvalue weighted by atomic mass is 16.5. The maximum Gasteiger partial charge on any atom is 0.225 e. The fourth-order valence-electron chi connectivity index (χ4n) is 3.88. The molecule has 4 rings (SSSR count). The van der Waals surface area contributed by atoms with Gasteiger partial charge in [-0.25, -0.2) is 9.97 Å². The summed E-state index contributed by atoms with van der Waals surface area (Å²) in [6.45, 7) is 8.24. The van der Waals surface area contributed by atoms with E-state index in [1.54, 1.807) is 6.92 Å². The Morgan fingerprint density at radius 1 is 1.18 bits per heavy atom. The Morgan fingerprint density at radius 3 is 2.71 bits per heavy atom. The average Bonchev–Trinajstić information content (AvgIpc) is 3.19. The van der Waals surface area contributed by atoms with Gasteiger partial charge in [0.25, 0.3) is 0 Å². The number of pyridine rings is 1. The van der Waals surface area contributed by atoms with Crippen LogP contribution >= 0.6 is 0 Å². The molecule has 2 fully saturated rings. The molecule has 2 aromatic rings. The zero-order valence-corrected chi connectivity index (χ0v) is 16.6. The molecule has 0 N–H and O–H groups in total. The zero-order valence-electron chi connectivity index (χ0n) is 16.6. The minimum absolute atomic E-state index is 0.133. The zero-order chi connectivity index (χ0) is 19.5. The van der Waals surface area contributed by atoms with E-state index < -0.39 is 0 Å². The van der Waals surface area contributed by atoms with Crippen LogP contribution in [0.2, 0.25) is 0 Å². The molecule has 0 bridgehead atoms. The molecule has 0 aliphatic carbocycles. The maximum atomic E-state index is 11.7. The third kappa shape index (κ3) is 4.30. The molecule has 2 saturated heterocycles. The molecule has 2 aromatic heterocycles. The van der Waals surface area contributed by atoms with Gasteiger partial charge in [0.2, 0.25) is 11.9 Å². The van der Waals surface area contributed by atoms with E-state index in [1.165, 1.54) is 5.56 Å². The molecular weight excluding hydrogens is 354 g/mol. The monoisotopic (exact) mass is 381 g/mol. The predicted octanol–water partition coefficient (Wildman–Crippen LogP) is 1.94. The first-order chi connectivity index (χ1) is 13.6. The van der Waals surface area contributed by atoms with Crippen molar-refractivity contribution in [3.05, 3.63) is 47.0 Å². The van der Waals surface area contributed by atoms with Crippen LogP contribution in [-0.2, 0) is 16.0 Å². The van der Waals surface area contributed by atoms with Crippen molar-refractivity contribution >= 4 is 11.9 Å². The van der Waals surface area contributed by atoms with Gasteiger partial charge in [-0.1, -0.05) is 0 Å². The second-order valence-corrected chi connectivity index (χ2v) is 7.64. The third-order valence-corrected chi connectivity index (χ3v) is 5.47. The molecule has 148 valence electrons. The van der Waals surface area contributed by atoms with E-state index in [-0.39, 0.29) is 11.8 Å². The molecule has 0 radical (unpaired) electrons. The van der Waals surface area contributed by atoms with Gasteiger partial charge in [-0.2, -0.15) is 0 Å². The third-order valence-electron chi connectivity index (χ3n) is 5.47. The lowest BCUT2D eigenvalue weighted by Crippen LogP contribution is -2.37. The fraction of sp³-hybridized carbons (Fsp3) is 0.524. The topological polar surface area (TPSA) is 71.5 Å². The van der Waals surface area contributed by atoms with Gasteiger partial charge in [0.15, 0.2) is 0 Å². The molecule has 4 heterocycles. The summed E-state index contributed by atoms with van der Waals surface area (Å²) in [5, 5.41) is 0. The molecule has 1 unspecified atom stereocenters. The number of carbonyl (C=O) groups excluding carboxylic acids is 1. The van der Waals surface area contributed by atoms with E-state index in [2.05, 4.69) is 28.9 Å². The Labute approximate surface area is 165 Å². The number of nitrogens with zero attached hydrogens (tertiary/aromatic N) is 5. The predicted molar refractivity (Wildman–Crippen MR) is 106 cm³/mol. The van der Waals surface area contributed by atoms with Crippen LogP contribution in [0.15, 0.2) is 24.4 Å². The molecule has 7 nitrogen and oxygen atoms in total. The molecule has 7 heteroatoms. The summed E-state index contributed by atoms with van der Waals surface area (Å²) in [4.78, 5) is 30.1. The van der Waals surface area contributed by atoms with Crippen LogP contribution in [0.1, 0.15) is 41.9 Å². The van der Waals surface area contributed by atoms with Crippen molar-refractivity contribution in [2.24, 2.45) is 0 Å². The molecule has 0 aromatic carbocycles. The number of rotatable bonds is 4. The molecule has 2 aliphatic rings. The van der Waals surface area contributed by atoms with Gasteiger partial charge < -0.3 is 14.5 Å². The molecule has 2 aliphatic heterocycles. The largest absolute Gasteiger partial charge is 0.378 e. The number of aromatic nitrogens is 3. The number of likely N-dealkylation sites (tertiary alicyclic amines) is 1. The minimum atomic E-state index is 0.133. The molecular formula is C21H27N5O2. The lowest BCUT2D eigenvalue weighted by Gasteiger charge is -2.28. The molecule has 0 spiro atoms. The van der Waals surface area contributed by atoms with Gasteiger partial charge in [0, 0.05) is 57.3 Å². The lowest BCUT2D eigenvalue weighted by atomic mass is 10.0. The quantitative estimate of drug-likeness (QED) is 0.806. The van der Waals surface area contributed by atoms with E-state index in [0.717, 1.165) is 55.6 Å². The van der Waals surface area contributed by atoms with E-state index in [9.17, 15) is 4.79 Å².